The van der Waals surface area contributed by atoms with Gasteiger partial charge in [0.2, 0.25) is 0 Å². The van der Waals surface area contributed by atoms with Gasteiger partial charge in [0.25, 0.3) is 5.91 Å². The zero-order chi connectivity index (χ0) is 19.4. The number of ether oxygens (including phenoxy) is 1. The topological polar surface area (TPSA) is 87.1 Å². The maximum Gasteiger partial charge on any atom is 0.342 e. The molecule has 0 saturated carbocycles. The van der Waals surface area contributed by atoms with E-state index >= 15 is 0 Å². The van der Waals surface area contributed by atoms with E-state index in [2.05, 4.69) is 0 Å². The molecule has 0 fully saturated rings. The van der Waals surface area contributed by atoms with Gasteiger partial charge in [0.05, 0.1) is 0 Å². The van der Waals surface area contributed by atoms with E-state index in [0.29, 0.717) is 17.3 Å². The molecule has 3 rings (SSSR count). The molecule has 3 aromatic carbocycles. The van der Waals surface area contributed by atoms with Gasteiger partial charge in [0.1, 0.15) is 17.1 Å². The fraction of sp³-hybridized carbons (Fsp3) is 0.143. The molecule has 1 amide bonds. The minimum atomic E-state index is -0.880. The number of phenols is 2. The molecule has 0 bridgehead atoms. The number of nitrogens with zero attached hydrogens (tertiary/aromatic N) is 1. The Balaban J connectivity index is 1.68. The van der Waals surface area contributed by atoms with Crippen LogP contribution in [0.3, 0.4) is 0 Å². The number of carbonyl (C=O) groups is 2. The summed E-state index contributed by atoms with van der Waals surface area (Å²) in [7, 11) is 1.61. The third-order valence-electron chi connectivity index (χ3n) is 4.23. The van der Waals surface area contributed by atoms with E-state index in [-0.39, 0.29) is 23.0 Å². The number of hydrogen-bond donors (Lipinski definition) is 2. The lowest BCUT2D eigenvalue weighted by Gasteiger charge is -2.17. The van der Waals surface area contributed by atoms with Crippen molar-refractivity contribution in [3.63, 3.8) is 0 Å². The van der Waals surface area contributed by atoms with Crippen molar-refractivity contribution in [2.24, 2.45) is 0 Å². The van der Waals surface area contributed by atoms with Crippen molar-refractivity contribution in [3.05, 3.63) is 71.8 Å². The summed E-state index contributed by atoms with van der Waals surface area (Å²) in [5.41, 5.74) is 0.765. The standard InChI is InChI=1S/C21H19NO5/c1-22(12-14-7-3-2-4-8-14)19(24)13-27-21(26)17-11-18(23)15-9-5-6-10-16(15)20(17)25/h2-11,23,25H,12-13H2,1H3. The molecule has 0 aliphatic rings. The quantitative estimate of drug-likeness (QED) is 0.536. The molecule has 0 aliphatic carbocycles. The van der Waals surface area contributed by atoms with Gasteiger partial charge in [-0.25, -0.2) is 4.79 Å². The maximum atomic E-state index is 12.3. The van der Waals surface area contributed by atoms with Gasteiger partial charge < -0.3 is 19.8 Å². The number of hydrogen-bond acceptors (Lipinski definition) is 5. The van der Waals surface area contributed by atoms with E-state index in [1.165, 1.54) is 4.90 Å². The number of benzene rings is 3. The molecule has 0 aromatic heterocycles. The zero-order valence-electron chi connectivity index (χ0n) is 14.8. The number of esters is 1. The van der Waals surface area contributed by atoms with Crippen molar-refractivity contribution < 1.29 is 24.5 Å². The molecule has 6 nitrogen and oxygen atoms in total. The largest absolute Gasteiger partial charge is 0.507 e. The third-order valence-corrected chi connectivity index (χ3v) is 4.23. The number of aromatic hydroxyl groups is 2. The first-order valence-electron chi connectivity index (χ1n) is 8.36. The van der Waals surface area contributed by atoms with Crippen molar-refractivity contribution in [3.8, 4) is 11.5 Å². The number of phenolic OH excluding ortho intramolecular Hbond substituents is 2. The summed E-state index contributed by atoms with van der Waals surface area (Å²) in [5, 5.41) is 21.1. The lowest BCUT2D eigenvalue weighted by atomic mass is 10.0. The molecule has 27 heavy (non-hydrogen) atoms. The fourth-order valence-electron chi connectivity index (χ4n) is 2.76. The van der Waals surface area contributed by atoms with Crippen LogP contribution in [0.1, 0.15) is 15.9 Å². The third kappa shape index (κ3) is 4.00. The second kappa shape index (κ2) is 7.78. The summed E-state index contributed by atoms with van der Waals surface area (Å²) >= 11 is 0. The lowest BCUT2D eigenvalue weighted by Crippen LogP contribution is -2.30. The molecule has 0 atom stereocenters. The highest BCUT2D eigenvalue weighted by molar-refractivity contribution is 6.04. The Hall–Kier alpha value is -3.54. The zero-order valence-corrected chi connectivity index (χ0v) is 14.8. The first-order chi connectivity index (χ1) is 13.0. The molecule has 3 aromatic rings. The summed E-state index contributed by atoms with van der Waals surface area (Å²) in [4.78, 5) is 25.9. The normalized spacial score (nSPS) is 10.6. The number of carbonyl (C=O) groups excluding carboxylic acids is 2. The minimum Gasteiger partial charge on any atom is -0.507 e. The van der Waals surface area contributed by atoms with Crippen LogP contribution in [-0.4, -0.2) is 40.6 Å². The molecule has 0 aliphatic heterocycles. The highest BCUT2D eigenvalue weighted by Gasteiger charge is 2.20. The molecule has 0 heterocycles. The van der Waals surface area contributed by atoms with Gasteiger partial charge in [-0.1, -0.05) is 54.6 Å². The molecule has 0 radical (unpaired) electrons. The minimum absolute atomic E-state index is 0.150. The summed E-state index contributed by atoms with van der Waals surface area (Å²) in [6.45, 7) is -0.0750. The number of fused-ring (bicyclic) bond motifs is 1. The van der Waals surface area contributed by atoms with E-state index in [9.17, 15) is 19.8 Å². The Morgan fingerprint density at radius 2 is 1.59 bits per heavy atom. The van der Waals surface area contributed by atoms with Crippen LogP contribution in [0.25, 0.3) is 10.8 Å². The van der Waals surface area contributed by atoms with E-state index < -0.39 is 12.6 Å². The van der Waals surface area contributed by atoms with Crippen LogP contribution >= 0.6 is 0 Å². The van der Waals surface area contributed by atoms with Crippen molar-refractivity contribution in [2.45, 2.75) is 6.54 Å². The Kier molecular flexibility index (Phi) is 5.26. The predicted octanol–water partition coefficient (Wildman–Crippen LogP) is 3.07. The van der Waals surface area contributed by atoms with Gasteiger partial charge in [-0.2, -0.15) is 0 Å². The Bertz CT molecular complexity index is 985. The van der Waals surface area contributed by atoms with E-state index in [1.807, 2.05) is 30.3 Å². The second-order valence-electron chi connectivity index (χ2n) is 6.15. The summed E-state index contributed by atoms with van der Waals surface area (Å²) in [6.07, 6.45) is 0. The van der Waals surface area contributed by atoms with Crippen LogP contribution < -0.4 is 0 Å². The Morgan fingerprint density at radius 3 is 2.30 bits per heavy atom. The Labute approximate surface area is 156 Å². The average Bonchev–Trinajstić information content (AvgIpc) is 2.69. The lowest BCUT2D eigenvalue weighted by molar-refractivity contribution is -0.133. The van der Waals surface area contributed by atoms with Gasteiger partial charge in [-0.3, -0.25) is 4.79 Å². The molecule has 138 valence electrons. The second-order valence-corrected chi connectivity index (χ2v) is 6.15. The molecule has 0 saturated heterocycles. The van der Waals surface area contributed by atoms with Crippen LogP contribution in [0.4, 0.5) is 0 Å². The predicted molar refractivity (Wildman–Crippen MR) is 100 cm³/mol. The van der Waals surface area contributed by atoms with Gasteiger partial charge in [-0.15, -0.1) is 0 Å². The molecule has 0 unspecified atom stereocenters. The van der Waals surface area contributed by atoms with Crippen molar-refractivity contribution in [2.75, 3.05) is 13.7 Å². The summed E-state index contributed by atoms with van der Waals surface area (Å²) in [5.74, 6) is -1.70. The average molecular weight is 365 g/mol. The first-order valence-corrected chi connectivity index (χ1v) is 8.36. The van der Waals surface area contributed by atoms with Gasteiger partial charge >= 0.3 is 5.97 Å². The van der Waals surface area contributed by atoms with Crippen LogP contribution in [0.2, 0.25) is 0 Å². The van der Waals surface area contributed by atoms with Crippen LogP contribution in [0, 0.1) is 0 Å². The van der Waals surface area contributed by atoms with Crippen LogP contribution in [0.15, 0.2) is 60.7 Å². The van der Waals surface area contributed by atoms with Gasteiger partial charge in [0.15, 0.2) is 6.61 Å². The van der Waals surface area contributed by atoms with Crippen molar-refractivity contribution >= 4 is 22.6 Å². The molecular formula is C21H19NO5. The van der Waals surface area contributed by atoms with E-state index in [4.69, 9.17) is 4.74 Å². The van der Waals surface area contributed by atoms with Gasteiger partial charge in [-0.05, 0) is 11.6 Å². The SMILES string of the molecule is CN(Cc1ccccc1)C(=O)COC(=O)c1cc(O)c2ccccc2c1O. The summed E-state index contributed by atoms with van der Waals surface area (Å²) in [6, 6.07) is 17.2. The van der Waals surface area contributed by atoms with Crippen molar-refractivity contribution in [1.82, 2.24) is 4.90 Å². The van der Waals surface area contributed by atoms with E-state index in [1.54, 1.807) is 31.3 Å². The molecule has 2 N–H and O–H groups in total. The maximum absolute atomic E-state index is 12.3. The number of rotatable bonds is 5. The van der Waals surface area contributed by atoms with E-state index in [0.717, 1.165) is 11.6 Å². The fourth-order valence-corrected chi connectivity index (χ4v) is 2.76. The molecular weight excluding hydrogens is 346 g/mol. The smallest absolute Gasteiger partial charge is 0.342 e. The monoisotopic (exact) mass is 365 g/mol. The number of amides is 1. The molecule has 6 heteroatoms. The Morgan fingerprint density at radius 1 is 0.963 bits per heavy atom. The highest BCUT2D eigenvalue weighted by atomic mass is 16.5. The number of likely N-dealkylation sites (N-methyl/N-ethyl adjacent to an activating group) is 1. The molecule has 0 spiro atoms. The van der Waals surface area contributed by atoms with Crippen LogP contribution in [0.5, 0.6) is 11.5 Å². The summed E-state index contributed by atoms with van der Waals surface area (Å²) < 4.78 is 5.03. The van der Waals surface area contributed by atoms with Gasteiger partial charge in [0, 0.05) is 24.4 Å². The highest BCUT2D eigenvalue weighted by Crippen LogP contribution is 2.35. The first kappa shape index (κ1) is 18.3. The van der Waals surface area contributed by atoms with Crippen molar-refractivity contribution in [1.29, 1.82) is 0 Å². The van der Waals surface area contributed by atoms with Crippen LogP contribution in [-0.2, 0) is 16.1 Å².